The van der Waals surface area contributed by atoms with Crippen molar-refractivity contribution in [2.75, 3.05) is 6.54 Å². The summed E-state index contributed by atoms with van der Waals surface area (Å²) in [5, 5.41) is 0.820. The molecule has 1 nitrogen and oxygen atoms in total. The molecular formula is C13H30ClNSi. The van der Waals surface area contributed by atoms with E-state index >= 15 is 0 Å². The summed E-state index contributed by atoms with van der Waals surface area (Å²) in [5.41, 5.74) is 0. The van der Waals surface area contributed by atoms with Gasteiger partial charge in [-0.2, -0.15) is 0 Å². The summed E-state index contributed by atoms with van der Waals surface area (Å²) >= 11 is 6.74. The second-order valence-corrected chi connectivity index (χ2v) is 13.3. The molecule has 0 fully saturated rings. The van der Waals surface area contributed by atoms with Gasteiger partial charge in [0, 0.05) is 5.00 Å². The van der Waals surface area contributed by atoms with Gasteiger partial charge in [-0.05, 0) is 23.0 Å². The van der Waals surface area contributed by atoms with Crippen LogP contribution in [0.1, 0.15) is 61.8 Å². The van der Waals surface area contributed by atoms with E-state index in [1.807, 2.05) is 0 Å². The summed E-state index contributed by atoms with van der Waals surface area (Å²) in [6.07, 6.45) is 1.05. The zero-order valence-electron chi connectivity index (χ0n) is 12.4. The van der Waals surface area contributed by atoms with Crippen LogP contribution in [-0.4, -0.2) is 19.8 Å². The van der Waals surface area contributed by atoms with E-state index in [1.165, 1.54) is 0 Å². The Morgan fingerprint density at radius 3 is 1.56 bits per heavy atom. The average Bonchev–Trinajstić information content (AvgIpc) is 2.08. The highest BCUT2D eigenvalue weighted by atomic mass is 35.5. The Hall–Kier alpha value is 0.467. The molecule has 0 aromatic heterocycles. The lowest BCUT2D eigenvalue weighted by atomic mass is 10.2. The van der Waals surface area contributed by atoms with Crippen molar-refractivity contribution in [3.63, 3.8) is 0 Å². The molecular weight excluding hydrogens is 234 g/mol. The summed E-state index contributed by atoms with van der Waals surface area (Å²) in [4.78, 5) is 3.83. The third kappa shape index (κ3) is 2.83. The Morgan fingerprint density at radius 1 is 1.00 bits per heavy atom. The molecule has 0 aromatic rings. The molecule has 3 heteroatoms. The topological polar surface area (TPSA) is 12.0 Å². The molecule has 0 spiro atoms. The number of hydrogen-bond acceptors (Lipinski definition) is 1. The minimum Gasteiger partial charge on any atom is -0.336 e. The van der Waals surface area contributed by atoms with Crippen LogP contribution in [0.2, 0.25) is 10.1 Å². The molecule has 98 valence electrons. The lowest BCUT2D eigenvalue weighted by Gasteiger charge is -2.54. The van der Waals surface area contributed by atoms with Crippen molar-refractivity contribution < 1.29 is 0 Å². The van der Waals surface area contributed by atoms with E-state index in [-0.39, 0.29) is 15.1 Å². The average molecular weight is 264 g/mol. The maximum Gasteiger partial charge on any atom is 0.154 e. The van der Waals surface area contributed by atoms with Crippen molar-refractivity contribution in [2.24, 2.45) is 0 Å². The second-order valence-electron chi connectivity index (χ2n) is 6.71. The number of hydrogen-bond donors (Lipinski definition) is 1. The SMILES string of the molecule is CCN[Si](C(Cl)CC)(C(C)(C)C)C(C)(C)C. The zero-order valence-corrected chi connectivity index (χ0v) is 14.1. The second kappa shape index (κ2) is 5.41. The molecule has 0 aliphatic carbocycles. The molecule has 0 radical (unpaired) electrons. The molecule has 0 saturated heterocycles. The van der Waals surface area contributed by atoms with Crippen LogP contribution < -0.4 is 4.98 Å². The quantitative estimate of drug-likeness (QED) is 0.573. The number of alkyl halides is 1. The monoisotopic (exact) mass is 263 g/mol. The van der Waals surface area contributed by atoms with Gasteiger partial charge in [-0.1, -0.05) is 55.4 Å². The molecule has 0 aliphatic rings. The van der Waals surface area contributed by atoms with Crippen LogP contribution in [0.5, 0.6) is 0 Å². The largest absolute Gasteiger partial charge is 0.336 e. The van der Waals surface area contributed by atoms with E-state index in [1.54, 1.807) is 0 Å². The summed E-state index contributed by atoms with van der Waals surface area (Å²) < 4.78 is 0. The maximum atomic E-state index is 6.74. The number of nitrogens with one attached hydrogen (secondary N) is 1. The molecule has 0 heterocycles. The zero-order chi connectivity index (χ0) is 13.2. The summed E-state index contributed by atoms with van der Waals surface area (Å²) in [7, 11) is -1.79. The minimum atomic E-state index is -1.79. The van der Waals surface area contributed by atoms with E-state index in [2.05, 4.69) is 60.4 Å². The van der Waals surface area contributed by atoms with Crippen molar-refractivity contribution in [1.82, 2.24) is 4.98 Å². The lowest BCUT2D eigenvalue weighted by molar-refractivity contribution is 0.564. The molecule has 1 unspecified atom stereocenters. The van der Waals surface area contributed by atoms with Gasteiger partial charge in [0.2, 0.25) is 0 Å². The van der Waals surface area contributed by atoms with Crippen LogP contribution in [0.15, 0.2) is 0 Å². The van der Waals surface area contributed by atoms with Crippen molar-refractivity contribution in [2.45, 2.75) is 76.9 Å². The molecule has 0 aliphatic heterocycles. The Morgan fingerprint density at radius 2 is 1.38 bits per heavy atom. The molecule has 0 rings (SSSR count). The fourth-order valence-electron chi connectivity index (χ4n) is 3.29. The maximum absolute atomic E-state index is 6.74. The number of rotatable bonds is 4. The van der Waals surface area contributed by atoms with Crippen molar-refractivity contribution in [3.8, 4) is 0 Å². The van der Waals surface area contributed by atoms with Gasteiger partial charge < -0.3 is 4.98 Å². The van der Waals surface area contributed by atoms with Gasteiger partial charge in [-0.25, -0.2) is 0 Å². The first-order valence-corrected chi connectivity index (χ1v) is 8.95. The van der Waals surface area contributed by atoms with E-state index in [9.17, 15) is 0 Å². The van der Waals surface area contributed by atoms with E-state index in [4.69, 9.17) is 11.6 Å². The van der Waals surface area contributed by atoms with Gasteiger partial charge in [0.05, 0.1) is 0 Å². The van der Waals surface area contributed by atoms with Gasteiger partial charge in [0.25, 0.3) is 0 Å². The van der Waals surface area contributed by atoms with Gasteiger partial charge in [-0.3, -0.25) is 0 Å². The first-order valence-electron chi connectivity index (χ1n) is 6.43. The molecule has 0 bridgehead atoms. The third-order valence-corrected chi connectivity index (χ3v) is 11.9. The molecule has 0 aromatic carbocycles. The van der Waals surface area contributed by atoms with Gasteiger partial charge in [-0.15, -0.1) is 11.6 Å². The van der Waals surface area contributed by atoms with Crippen LogP contribution in [0.3, 0.4) is 0 Å². The minimum absolute atomic E-state index is 0.268. The molecule has 16 heavy (non-hydrogen) atoms. The highest BCUT2D eigenvalue weighted by Gasteiger charge is 2.56. The summed E-state index contributed by atoms with van der Waals surface area (Å²) in [6.45, 7) is 19.5. The fraction of sp³-hybridized carbons (Fsp3) is 1.00. The highest BCUT2D eigenvalue weighted by molar-refractivity contribution is 6.89. The third-order valence-electron chi connectivity index (χ3n) is 3.65. The fourth-order valence-corrected chi connectivity index (χ4v) is 12.1. The van der Waals surface area contributed by atoms with Gasteiger partial charge >= 0.3 is 0 Å². The van der Waals surface area contributed by atoms with Crippen LogP contribution in [-0.2, 0) is 0 Å². The Balaban J connectivity index is 5.60. The Bertz CT molecular complexity index is 201. The van der Waals surface area contributed by atoms with Crippen molar-refractivity contribution in [1.29, 1.82) is 0 Å². The van der Waals surface area contributed by atoms with E-state index in [0.29, 0.717) is 0 Å². The van der Waals surface area contributed by atoms with Crippen LogP contribution >= 0.6 is 11.6 Å². The number of halogens is 1. The summed E-state index contributed by atoms with van der Waals surface area (Å²) in [6, 6.07) is 0. The lowest BCUT2D eigenvalue weighted by Crippen LogP contribution is -2.69. The Kier molecular flexibility index (Phi) is 5.57. The highest BCUT2D eigenvalue weighted by Crippen LogP contribution is 2.52. The predicted octanol–water partition coefficient (Wildman–Crippen LogP) is 4.70. The standard InChI is InChI=1S/C13H30ClNSi/c1-9-11(14)16(15-10-2,12(3,4)5)13(6,7)8/h11,15H,9-10H2,1-8H3. The van der Waals surface area contributed by atoms with E-state index < -0.39 is 8.24 Å². The van der Waals surface area contributed by atoms with E-state index in [0.717, 1.165) is 13.0 Å². The molecule has 1 atom stereocenters. The smallest absolute Gasteiger partial charge is 0.154 e. The first kappa shape index (κ1) is 16.5. The molecule has 0 saturated carbocycles. The van der Waals surface area contributed by atoms with Crippen LogP contribution in [0.4, 0.5) is 0 Å². The summed E-state index contributed by atoms with van der Waals surface area (Å²) in [5.74, 6) is 0. The molecule has 1 N–H and O–H groups in total. The van der Waals surface area contributed by atoms with Crippen LogP contribution in [0, 0.1) is 0 Å². The predicted molar refractivity (Wildman–Crippen MR) is 78.8 cm³/mol. The van der Waals surface area contributed by atoms with Gasteiger partial charge in [0.1, 0.15) is 0 Å². The van der Waals surface area contributed by atoms with Crippen LogP contribution in [0.25, 0.3) is 0 Å². The van der Waals surface area contributed by atoms with Gasteiger partial charge in [0.15, 0.2) is 8.24 Å². The molecule has 0 amide bonds. The van der Waals surface area contributed by atoms with Crippen molar-refractivity contribution >= 4 is 19.8 Å². The Labute approximate surface area is 108 Å². The van der Waals surface area contributed by atoms with Crippen molar-refractivity contribution in [3.05, 3.63) is 0 Å². The first-order chi connectivity index (χ1) is 7.04. The normalized spacial score (nSPS) is 16.3.